The minimum absolute atomic E-state index is 0. The maximum atomic E-state index is 2.56. The van der Waals surface area contributed by atoms with E-state index in [0.717, 1.165) is 3.92 Å². The van der Waals surface area contributed by atoms with E-state index in [1.165, 1.54) is 32.1 Å². The van der Waals surface area contributed by atoms with E-state index in [1.54, 1.807) is 0 Å². The van der Waals surface area contributed by atoms with Gasteiger partial charge in [0.2, 0.25) is 0 Å². The van der Waals surface area contributed by atoms with Crippen LogP contribution in [0.5, 0.6) is 0 Å². The highest BCUT2D eigenvalue weighted by molar-refractivity contribution is 14.1. The summed E-state index contributed by atoms with van der Waals surface area (Å²) in [5.41, 5.74) is 0. The molecule has 1 saturated carbocycles. The Kier molecular flexibility index (Phi) is 6.28. The van der Waals surface area contributed by atoms with Crippen LogP contribution in [0.3, 0.4) is 0 Å². The van der Waals surface area contributed by atoms with Gasteiger partial charge in [-0.05, 0) is 12.8 Å². The largest absolute Gasteiger partial charge is 0.0826 e. The Morgan fingerprint density at radius 2 is 1.50 bits per heavy atom. The van der Waals surface area contributed by atoms with Gasteiger partial charge in [-0.3, -0.25) is 0 Å². The van der Waals surface area contributed by atoms with Crippen LogP contribution >= 0.6 is 22.6 Å². The van der Waals surface area contributed by atoms with Crippen molar-refractivity contribution in [2.45, 2.75) is 36.0 Å². The highest BCUT2D eigenvalue weighted by atomic mass is 127. The average molecular weight is 234 g/mol. The summed E-state index contributed by atoms with van der Waals surface area (Å²) < 4.78 is 1.01. The van der Waals surface area contributed by atoms with E-state index in [0.29, 0.717) is 0 Å². The molecule has 1 aliphatic rings. The van der Waals surface area contributed by atoms with E-state index < -0.39 is 0 Å². The fraction of sp³-hybridized carbons (Fsp3) is 1.00. The van der Waals surface area contributed by atoms with E-state index in [1.807, 2.05) is 0 Å². The summed E-state index contributed by atoms with van der Waals surface area (Å²) >= 11 is 2.56. The third-order valence-corrected chi connectivity index (χ3v) is 2.78. The van der Waals surface area contributed by atoms with E-state index in [2.05, 4.69) is 22.6 Å². The minimum Gasteiger partial charge on any atom is -0.0826 e. The molecule has 0 saturated heterocycles. The molecule has 0 unspecified atom stereocenters. The molecule has 2 heteroatoms. The van der Waals surface area contributed by atoms with Gasteiger partial charge in [-0.1, -0.05) is 41.9 Å². The minimum atomic E-state index is 0. The Balaban J connectivity index is 0.000000490. The zero-order chi connectivity index (χ0) is 5.11. The molecule has 8 heavy (non-hydrogen) atoms. The van der Waals surface area contributed by atoms with Crippen molar-refractivity contribution in [1.29, 1.82) is 0 Å². The van der Waals surface area contributed by atoms with Gasteiger partial charge in [0.1, 0.15) is 0 Å². The van der Waals surface area contributed by atoms with Gasteiger partial charge in [0.15, 0.2) is 0 Å². The van der Waals surface area contributed by atoms with Crippen molar-refractivity contribution in [2.75, 3.05) is 0 Å². The first-order valence-electron chi connectivity index (χ1n) is 3.03. The Morgan fingerprint density at radius 1 is 1.00 bits per heavy atom. The van der Waals surface area contributed by atoms with Crippen molar-refractivity contribution in [3.05, 3.63) is 0 Å². The van der Waals surface area contributed by atoms with E-state index in [-0.39, 0.29) is 23.1 Å². The van der Waals surface area contributed by atoms with Crippen molar-refractivity contribution >= 4 is 45.6 Å². The van der Waals surface area contributed by atoms with Gasteiger partial charge >= 0.3 is 0 Å². The summed E-state index contributed by atoms with van der Waals surface area (Å²) in [6, 6.07) is 0. The van der Waals surface area contributed by atoms with Crippen LogP contribution in [0.1, 0.15) is 32.1 Å². The zero-order valence-corrected chi connectivity index (χ0v) is 8.77. The number of hydrogen-bond donors (Lipinski definition) is 0. The van der Waals surface area contributed by atoms with E-state index >= 15 is 0 Å². The predicted octanol–water partition coefficient (Wildman–Crippen LogP) is 2.37. The van der Waals surface area contributed by atoms with Gasteiger partial charge in [-0.25, -0.2) is 0 Å². The van der Waals surface area contributed by atoms with Crippen molar-refractivity contribution in [3.63, 3.8) is 0 Å². The first kappa shape index (κ1) is 9.50. The van der Waals surface area contributed by atoms with Crippen molar-refractivity contribution in [3.8, 4) is 0 Å². The normalized spacial score (nSPS) is 22.1. The maximum Gasteiger partial charge on any atom is 0.0110 e. The monoisotopic (exact) mass is 234 g/mol. The molecule has 0 aromatic carbocycles. The van der Waals surface area contributed by atoms with Gasteiger partial charge in [-0.15, -0.1) is 0 Å². The lowest BCUT2D eigenvalue weighted by Crippen LogP contribution is -2.02. The fourth-order valence-electron chi connectivity index (χ4n) is 1.05. The first-order chi connectivity index (χ1) is 3.39. The lowest BCUT2D eigenvalue weighted by Gasteiger charge is -2.13. The summed E-state index contributed by atoms with van der Waals surface area (Å²) in [7, 11) is 0. The molecule has 1 fully saturated rings. The molecule has 2 radical (unpaired) electrons. The third kappa shape index (κ3) is 3.51. The van der Waals surface area contributed by atoms with Gasteiger partial charge in [-0.2, -0.15) is 0 Å². The highest BCUT2D eigenvalue weighted by Crippen LogP contribution is 2.23. The number of halogens is 1. The van der Waals surface area contributed by atoms with Gasteiger partial charge in [0.25, 0.3) is 0 Å². The molecule has 0 N–H and O–H groups in total. The molecule has 0 aromatic heterocycles. The second kappa shape index (κ2) is 5.29. The molecule has 0 aromatic rings. The Morgan fingerprint density at radius 3 is 1.75 bits per heavy atom. The Hall–Kier alpha value is 1.50. The summed E-state index contributed by atoms with van der Waals surface area (Å²) in [4.78, 5) is 0. The van der Waals surface area contributed by atoms with E-state index in [4.69, 9.17) is 0 Å². The molecule has 0 atom stereocenters. The number of rotatable bonds is 0. The molecular weight excluding hydrogens is 223 g/mol. The topological polar surface area (TPSA) is 0 Å². The lowest BCUT2D eigenvalue weighted by atomic mass is 10.0. The van der Waals surface area contributed by atoms with Crippen molar-refractivity contribution in [2.24, 2.45) is 0 Å². The Labute approximate surface area is 81.1 Å². The molecule has 44 valence electrons. The molecule has 0 aliphatic heterocycles. The quantitative estimate of drug-likeness (QED) is 0.343. The molecule has 1 aliphatic carbocycles. The van der Waals surface area contributed by atoms with Crippen LogP contribution in [-0.4, -0.2) is 27.0 Å². The van der Waals surface area contributed by atoms with Gasteiger partial charge < -0.3 is 0 Å². The van der Waals surface area contributed by atoms with Crippen LogP contribution in [0.15, 0.2) is 0 Å². The second-order valence-electron chi connectivity index (χ2n) is 2.24. The lowest BCUT2D eigenvalue weighted by molar-refractivity contribution is 0.528. The Bertz CT molecular complexity index is 50.5. The summed E-state index contributed by atoms with van der Waals surface area (Å²) in [5, 5.41) is 0. The third-order valence-electron chi connectivity index (χ3n) is 1.53. The van der Waals surface area contributed by atoms with Crippen LogP contribution in [0, 0.1) is 0 Å². The zero-order valence-electron chi connectivity index (χ0n) is 5.20. The molecule has 0 spiro atoms. The van der Waals surface area contributed by atoms with Crippen molar-refractivity contribution < 1.29 is 0 Å². The first-order valence-corrected chi connectivity index (χ1v) is 4.28. The molecule has 0 heterocycles. The molecule has 0 amide bonds. The fourth-order valence-corrected chi connectivity index (χ4v) is 1.93. The second-order valence-corrected chi connectivity index (χ2v) is 4.00. The molecule has 0 nitrogen and oxygen atoms in total. The molecular formula is C6H11IMg. The van der Waals surface area contributed by atoms with Gasteiger partial charge in [0.05, 0.1) is 0 Å². The van der Waals surface area contributed by atoms with E-state index in [9.17, 15) is 0 Å². The van der Waals surface area contributed by atoms with Crippen LogP contribution < -0.4 is 0 Å². The maximum absolute atomic E-state index is 2.56. The van der Waals surface area contributed by atoms with Crippen LogP contribution in [0.25, 0.3) is 0 Å². The van der Waals surface area contributed by atoms with Crippen molar-refractivity contribution in [1.82, 2.24) is 0 Å². The van der Waals surface area contributed by atoms with Crippen LogP contribution in [0.4, 0.5) is 0 Å². The number of alkyl halides is 1. The van der Waals surface area contributed by atoms with Crippen LogP contribution in [0.2, 0.25) is 0 Å². The van der Waals surface area contributed by atoms with Crippen LogP contribution in [-0.2, 0) is 0 Å². The molecule has 0 bridgehead atoms. The van der Waals surface area contributed by atoms with Gasteiger partial charge in [0, 0.05) is 27.0 Å². The molecule has 1 rings (SSSR count). The standard InChI is InChI=1S/C6H11I.Mg/c7-6-4-2-1-3-5-6;/h6H,1-5H2;. The predicted molar refractivity (Wildman–Crippen MR) is 46.6 cm³/mol. The number of hydrogen-bond acceptors (Lipinski definition) is 0. The average Bonchev–Trinajstić information content (AvgIpc) is 1.69. The highest BCUT2D eigenvalue weighted by Gasteiger charge is 2.07. The summed E-state index contributed by atoms with van der Waals surface area (Å²) in [6.07, 6.45) is 7.39. The summed E-state index contributed by atoms with van der Waals surface area (Å²) in [6.45, 7) is 0. The SMILES string of the molecule is IC1CCCCC1.[Mg]. The summed E-state index contributed by atoms with van der Waals surface area (Å²) in [5.74, 6) is 0. The smallest absolute Gasteiger partial charge is 0.0110 e.